The van der Waals surface area contributed by atoms with E-state index in [0.29, 0.717) is 5.56 Å². The molecule has 0 atom stereocenters. The number of carbonyl (C=O) groups is 1. The van der Waals surface area contributed by atoms with Crippen LogP contribution in [-0.4, -0.2) is 5.91 Å². The van der Waals surface area contributed by atoms with Crippen LogP contribution < -0.4 is 5.32 Å². The van der Waals surface area contributed by atoms with E-state index in [1.807, 2.05) is 36.4 Å². The van der Waals surface area contributed by atoms with Crippen molar-refractivity contribution in [1.29, 1.82) is 0 Å². The minimum absolute atomic E-state index is 0.0881. The molecule has 0 radical (unpaired) electrons. The van der Waals surface area contributed by atoms with Crippen LogP contribution in [0.3, 0.4) is 0 Å². The smallest absolute Gasteiger partial charge is 0.255 e. The fourth-order valence-electron chi connectivity index (χ4n) is 2.35. The van der Waals surface area contributed by atoms with Crippen LogP contribution in [-0.2, 0) is 5.41 Å². The molecule has 0 heterocycles. The zero-order valence-corrected chi connectivity index (χ0v) is 16.2. The number of amides is 1. The standard InChI is InChI=1S/C23H29NO/c1-22(2,3)16-15-17-7-9-18(10-8-17)21(25)24-20-13-11-19(12-14-20)23(4,5)6/h7-16H,1-6H3,(H,24,25)/b16-15+. The molecule has 0 fully saturated rings. The minimum atomic E-state index is -0.0881. The second-order valence-electron chi connectivity index (χ2n) is 8.60. The van der Waals surface area contributed by atoms with Crippen molar-refractivity contribution < 1.29 is 4.79 Å². The molecule has 0 bridgehead atoms. The second kappa shape index (κ2) is 7.26. The molecule has 25 heavy (non-hydrogen) atoms. The number of hydrogen-bond acceptors (Lipinski definition) is 1. The van der Waals surface area contributed by atoms with E-state index < -0.39 is 0 Å². The van der Waals surface area contributed by atoms with Gasteiger partial charge in [-0.05, 0) is 46.2 Å². The van der Waals surface area contributed by atoms with E-state index in [1.54, 1.807) is 0 Å². The molecule has 132 valence electrons. The Morgan fingerprint density at radius 1 is 0.840 bits per heavy atom. The molecule has 0 aliphatic heterocycles. The highest BCUT2D eigenvalue weighted by molar-refractivity contribution is 6.04. The van der Waals surface area contributed by atoms with Crippen LogP contribution in [0.25, 0.3) is 6.08 Å². The Labute approximate surface area is 152 Å². The predicted octanol–water partition coefficient (Wildman–Crippen LogP) is 6.30. The van der Waals surface area contributed by atoms with Crippen LogP contribution in [0.1, 0.15) is 63.0 Å². The monoisotopic (exact) mass is 335 g/mol. The van der Waals surface area contributed by atoms with Crippen LogP contribution in [0.4, 0.5) is 5.69 Å². The topological polar surface area (TPSA) is 29.1 Å². The highest BCUT2D eigenvalue weighted by Gasteiger charge is 2.13. The summed E-state index contributed by atoms with van der Waals surface area (Å²) in [5.41, 5.74) is 4.08. The van der Waals surface area contributed by atoms with Gasteiger partial charge in [-0.3, -0.25) is 4.79 Å². The zero-order chi connectivity index (χ0) is 18.7. The molecule has 1 amide bonds. The van der Waals surface area contributed by atoms with Gasteiger partial charge in [0, 0.05) is 11.3 Å². The third kappa shape index (κ3) is 5.90. The average molecular weight is 335 g/mol. The van der Waals surface area contributed by atoms with E-state index in [4.69, 9.17) is 0 Å². The molecule has 2 aromatic rings. The van der Waals surface area contributed by atoms with E-state index in [1.165, 1.54) is 5.56 Å². The quantitative estimate of drug-likeness (QED) is 0.701. The fourth-order valence-corrected chi connectivity index (χ4v) is 2.35. The second-order valence-corrected chi connectivity index (χ2v) is 8.60. The zero-order valence-electron chi connectivity index (χ0n) is 16.2. The Morgan fingerprint density at radius 2 is 1.40 bits per heavy atom. The lowest BCUT2D eigenvalue weighted by Gasteiger charge is -2.19. The van der Waals surface area contributed by atoms with Gasteiger partial charge in [-0.1, -0.05) is 78.0 Å². The van der Waals surface area contributed by atoms with Gasteiger partial charge >= 0.3 is 0 Å². The molecule has 0 unspecified atom stereocenters. The molecule has 0 aromatic heterocycles. The van der Waals surface area contributed by atoms with Gasteiger partial charge < -0.3 is 5.32 Å². The fraction of sp³-hybridized carbons (Fsp3) is 0.348. The minimum Gasteiger partial charge on any atom is -0.322 e. The largest absolute Gasteiger partial charge is 0.322 e. The Kier molecular flexibility index (Phi) is 5.52. The molecular formula is C23H29NO. The first-order valence-corrected chi connectivity index (χ1v) is 8.76. The summed E-state index contributed by atoms with van der Waals surface area (Å²) in [6, 6.07) is 15.7. The van der Waals surface area contributed by atoms with Crippen molar-refractivity contribution >= 4 is 17.7 Å². The van der Waals surface area contributed by atoms with Gasteiger partial charge in [0.05, 0.1) is 0 Å². The van der Waals surface area contributed by atoms with Gasteiger partial charge in [0.15, 0.2) is 0 Å². The summed E-state index contributed by atoms with van der Waals surface area (Å²) < 4.78 is 0. The number of carbonyl (C=O) groups excluding carboxylic acids is 1. The molecule has 0 aliphatic carbocycles. The highest BCUT2D eigenvalue weighted by atomic mass is 16.1. The molecule has 2 heteroatoms. The van der Waals surface area contributed by atoms with Crippen molar-refractivity contribution in [2.24, 2.45) is 5.41 Å². The summed E-state index contributed by atoms with van der Waals surface area (Å²) in [6.45, 7) is 13.0. The molecule has 0 aliphatic rings. The van der Waals surface area contributed by atoms with Gasteiger partial charge in [-0.2, -0.15) is 0 Å². The van der Waals surface area contributed by atoms with Crippen molar-refractivity contribution in [1.82, 2.24) is 0 Å². The van der Waals surface area contributed by atoms with Gasteiger partial charge in [0.1, 0.15) is 0 Å². The molecular weight excluding hydrogens is 306 g/mol. The van der Waals surface area contributed by atoms with Crippen molar-refractivity contribution in [2.45, 2.75) is 47.0 Å². The van der Waals surface area contributed by atoms with Crippen molar-refractivity contribution in [2.75, 3.05) is 5.32 Å². The predicted molar refractivity (Wildman–Crippen MR) is 108 cm³/mol. The summed E-state index contributed by atoms with van der Waals surface area (Å²) >= 11 is 0. The third-order valence-electron chi connectivity index (χ3n) is 3.96. The highest BCUT2D eigenvalue weighted by Crippen LogP contribution is 2.23. The van der Waals surface area contributed by atoms with Gasteiger partial charge in [0.25, 0.3) is 5.91 Å². The maximum absolute atomic E-state index is 12.4. The molecule has 0 spiro atoms. The van der Waals surface area contributed by atoms with E-state index in [-0.39, 0.29) is 16.7 Å². The Morgan fingerprint density at radius 3 is 1.88 bits per heavy atom. The average Bonchev–Trinajstić information content (AvgIpc) is 2.52. The molecule has 2 aromatic carbocycles. The number of nitrogens with one attached hydrogen (secondary N) is 1. The van der Waals surface area contributed by atoms with Crippen LogP contribution >= 0.6 is 0 Å². The molecule has 0 saturated heterocycles. The SMILES string of the molecule is CC(C)(C)/C=C/c1ccc(C(=O)Nc2ccc(C(C)(C)C)cc2)cc1. The van der Waals surface area contributed by atoms with Crippen LogP contribution in [0.5, 0.6) is 0 Å². The van der Waals surface area contributed by atoms with Gasteiger partial charge in [-0.25, -0.2) is 0 Å². The number of allylic oxidation sites excluding steroid dienone is 1. The lowest BCUT2D eigenvalue weighted by molar-refractivity contribution is 0.102. The van der Waals surface area contributed by atoms with Crippen LogP contribution in [0, 0.1) is 5.41 Å². The Balaban J connectivity index is 2.05. The van der Waals surface area contributed by atoms with Crippen molar-refractivity contribution in [3.8, 4) is 0 Å². The first-order chi connectivity index (χ1) is 11.5. The molecule has 2 rings (SSSR count). The maximum atomic E-state index is 12.4. The number of rotatable bonds is 3. The lowest BCUT2D eigenvalue weighted by atomic mass is 9.87. The van der Waals surface area contributed by atoms with Crippen molar-refractivity contribution in [3.63, 3.8) is 0 Å². The van der Waals surface area contributed by atoms with Gasteiger partial charge in [0.2, 0.25) is 0 Å². The maximum Gasteiger partial charge on any atom is 0.255 e. The lowest BCUT2D eigenvalue weighted by Crippen LogP contribution is -2.13. The van der Waals surface area contributed by atoms with E-state index in [2.05, 4.69) is 71.1 Å². The first kappa shape index (κ1) is 19.0. The number of anilines is 1. The number of benzene rings is 2. The molecule has 0 saturated carbocycles. The van der Waals surface area contributed by atoms with E-state index in [0.717, 1.165) is 11.3 Å². The summed E-state index contributed by atoms with van der Waals surface area (Å²) in [6.07, 6.45) is 4.26. The van der Waals surface area contributed by atoms with Crippen LogP contribution in [0.2, 0.25) is 0 Å². The first-order valence-electron chi connectivity index (χ1n) is 8.76. The summed E-state index contributed by atoms with van der Waals surface area (Å²) in [7, 11) is 0. The summed E-state index contributed by atoms with van der Waals surface area (Å²) in [5.74, 6) is -0.0881. The Hall–Kier alpha value is -2.35. The normalized spacial score (nSPS) is 12.4. The number of hydrogen-bond donors (Lipinski definition) is 1. The van der Waals surface area contributed by atoms with Gasteiger partial charge in [-0.15, -0.1) is 0 Å². The summed E-state index contributed by atoms with van der Waals surface area (Å²) in [5, 5.41) is 2.96. The van der Waals surface area contributed by atoms with E-state index in [9.17, 15) is 4.79 Å². The summed E-state index contributed by atoms with van der Waals surface area (Å²) in [4.78, 5) is 12.4. The molecule has 1 N–H and O–H groups in total. The third-order valence-corrected chi connectivity index (χ3v) is 3.96. The molecule has 2 nitrogen and oxygen atoms in total. The Bertz CT molecular complexity index is 739. The van der Waals surface area contributed by atoms with Crippen LogP contribution in [0.15, 0.2) is 54.6 Å². The van der Waals surface area contributed by atoms with Crippen molar-refractivity contribution in [3.05, 3.63) is 71.3 Å². The van der Waals surface area contributed by atoms with E-state index >= 15 is 0 Å².